The van der Waals surface area contributed by atoms with Crippen LogP contribution in [0.15, 0.2) is 5.38 Å². The first-order valence-electron chi connectivity index (χ1n) is 4.05. The number of nitrogens with zero attached hydrogens (tertiary/aromatic N) is 2. The fraction of sp³-hybridized carbons (Fsp3) is 0.625. The highest BCUT2D eigenvalue weighted by Crippen LogP contribution is 2.64. The lowest BCUT2D eigenvalue weighted by Gasteiger charge is -1.96. The maximum absolute atomic E-state index is 10.8. The zero-order chi connectivity index (χ0) is 9.64. The van der Waals surface area contributed by atoms with E-state index in [4.69, 9.17) is 5.11 Å². The number of carbonyl (C=O) groups is 1. The maximum Gasteiger partial charge on any atom is 0.307 e. The van der Waals surface area contributed by atoms with Crippen LogP contribution in [0.5, 0.6) is 0 Å². The van der Waals surface area contributed by atoms with Crippen LogP contribution in [0.3, 0.4) is 0 Å². The lowest BCUT2D eigenvalue weighted by molar-refractivity contribution is -0.139. The minimum Gasteiger partial charge on any atom is -0.481 e. The second-order valence-corrected chi connectivity index (χ2v) is 4.55. The quantitative estimate of drug-likeness (QED) is 0.779. The Morgan fingerprint density at radius 2 is 2.38 bits per heavy atom. The number of aliphatic carboxylic acids is 1. The number of hydrogen-bond acceptors (Lipinski definition) is 4. The third-order valence-corrected chi connectivity index (χ3v) is 3.31. The van der Waals surface area contributed by atoms with Gasteiger partial charge in [-0.3, -0.25) is 4.79 Å². The molecule has 0 amide bonds. The van der Waals surface area contributed by atoms with Crippen molar-refractivity contribution in [2.24, 2.45) is 11.3 Å². The van der Waals surface area contributed by atoms with E-state index in [1.54, 1.807) is 0 Å². The van der Waals surface area contributed by atoms with Crippen LogP contribution in [-0.4, -0.2) is 20.7 Å². The summed E-state index contributed by atoms with van der Waals surface area (Å²) in [5, 5.41) is 14.7. The second-order valence-electron chi connectivity index (χ2n) is 3.94. The van der Waals surface area contributed by atoms with Crippen molar-refractivity contribution in [3.05, 3.63) is 11.1 Å². The Bertz CT molecular complexity index is 334. The molecule has 4 nitrogen and oxygen atoms in total. The van der Waals surface area contributed by atoms with E-state index in [1.807, 2.05) is 19.2 Å². The monoisotopic (exact) mass is 198 g/mol. The van der Waals surface area contributed by atoms with Gasteiger partial charge in [-0.15, -0.1) is 5.10 Å². The van der Waals surface area contributed by atoms with Crippen LogP contribution >= 0.6 is 11.5 Å². The maximum atomic E-state index is 10.8. The summed E-state index contributed by atoms with van der Waals surface area (Å²) in [7, 11) is 0. The normalized spacial score (nSPS) is 30.0. The van der Waals surface area contributed by atoms with E-state index in [0.29, 0.717) is 0 Å². The van der Waals surface area contributed by atoms with E-state index in [-0.39, 0.29) is 17.3 Å². The summed E-state index contributed by atoms with van der Waals surface area (Å²) in [6.07, 6.45) is 0. The first-order valence-corrected chi connectivity index (χ1v) is 4.88. The molecule has 1 aliphatic carbocycles. The highest BCUT2D eigenvalue weighted by Gasteiger charge is 2.63. The van der Waals surface area contributed by atoms with E-state index in [9.17, 15) is 4.79 Å². The fourth-order valence-corrected chi connectivity index (χ4v) is 2.45. The van der Waals surface area contributed by atoms with E-state index in [0.717, 1.165) is 5.69 Å². The Morgan fingerprint density at radius 3 is 2.77 bits per heavy atom. The van der Waals surface area contributed by atoms with E-state index >= 15 is 0 Å². The molecule has 0 unspecified atom stereocenters. The zero-order valence-electron chi connectivity index (χ0n) is 7.39. The Balaban J connectivity index is 2.25. The van der Waals surface area contributed by atoms with Gasteiger partial charge >= 0.3 is 5.97 Å². The topological polar surface area (TPSA) is 63.1 Å². The predicted molar refractivity (Wildman–Crippen MR) is 47.6 cm³/mol. The van der Waals surface area contributed by atoms with Crippen molar-refractivity contribution < 1.29 is 9.90 Å². The Kier molecular flexibility index (Phi) is 1.66. The molecule has 5 heteroatoms. The Labute approximate surface area is 79.8 Å². The lowest BCUT2D eigenvalue weighted by atomic mass is 10.1. The van der Waals surface area contributed by atoms with Crippen molar-refractivity contribution in [3.63, 3.8) is 0 Å². The van der Waals surface area contributed by atoms with Gasteiger partial charge in [-0.1, -0.05) is 18.3 Å². The van der Waals surface area contributed by atoms with E-state index < -0.39 is 5.97 Å². The molecular formula is C8H10N2O2S. The zero-order valence-corrected chi connectivity index (χ0v) is 8.21. The Morgan fingerprint density at radius 1 is 1.69 bits per heavy atom. The van der Waals surface area contributed by atoms with Gasteiger partial charge in [0.2, 0.25) is 0 Å². The van der Waals surface area contributed by atoms with Crippen molar-refractivity contribution in [2.75, 3.05) is 0 Å². The smallest absolute Gasteiger partial charge is 0.307 e. The van der Waals surface area contributed by atoms with Gasteiger partial charge in [-0.2, -0.15) is 0 Å². The summed E-state index contributed by atoms with van der Waals surface area (Å²) in [5.74, 6) is -0.983. The molecule has 1 heterocycles. The van der Waals surface area contributed by atoms with Crippen LogP contribution in [0, 0.1) is 11.3 Å². The molecule has 0 aromatic carbocycles. The molecule has 0 aliphatic heterocycles. The van der Waals surface area contributed by atoms with Gasteiger partial charge < -0.3 is 5.11 Å². The minimum atomic E-state index is -0.733. The predicted octanol–water partition coefficient (Wildman–Crippen LogP) is 1.36. The van der Waals surface area contributed by atoms with Crippen molar-refractivity contribution >= 4 is 17.5 Å². The summed E-state index contributed by atoms with van der Waals surface area (Å²) in [4.78, 5) is 10.8. The van der Waals surface area contributed by atoms with E-state index in [2.05, 4.69) is 9.59 Å². The summed E-state index contributed by atoms with van der Waals surface area (Å²) in [6, 6.07) is 0. The number of aromatic nitrogens is 2. The molecule has 1 aromatic heterocycles. The van der Waals surface area contributed by atoms with Gasteiger partial charge in [0.15, 0.2) is 0 Å². The number of carboxylic acids is 1. The lowest BCUT2D eigenvalue weighted by Crippen LogP contribution is -2.03. The summed E-state index contributed by atoms with van der Waals surface area (Å²) >= 11 is 1.27. The molecule has 1 N–H and O–H groups in total. The summed E-state index contributed by atoms with van der Waals surface area (Å²) in [5.41, 5.74) is 0.657. The van der Waals surface area contributed by atoms with Gasteiger partial charge in [-0.05, 0) is 16.9 Å². The molecule has 0 saturated heterocycles. The van der Waals surface area contributed by atoms with Crippen LogP contribution in [0.4, 0.5) is 0 Å². The van der Waals surface area contributed by atoms with Gasteiger partial charge in [0, 0.05) is 11.3 Å². The average Bonchev–Trinajstić information content (AvgIpc) is 2.50. The first-order chi connectivity index (χ1) is 6.05. The van der Waals surface area contributed by atoms with Gasteiger partial charge in [0.1, 0.15) is 0 Å². The molecule has 2 atom stereocenters. The molecule has 2 rings (SSSR count). The SMILES string of the molecule is CC1(C)[C@H](C(=O)O)[C@H]1c1csnn1. The molecule has 1 aromatic rings. The van der Waals surface area contributed by atoms with Gasteiger partial charge in [0.25, 0.3) is 0 Å². The van der Waals surface area contributed by atoms with E-state index in [1.165, 1.54) is 11.5 Å². The molecule has 0 radical (unpaired) electrons. The van der Waals surface area contributed by atoms with Crippen LogP contribution in [-0.2, 0) is 4.79 Å². The number of rotatable bonds is 2. The summed E-state index contributed by atoms with van der Waals surface area (Å²) in [6.45, 7) is 3.91. The highest BCUT2D eigenvalue weighted by molar-refractivity contribution is 7.03. The number of carboxylic acid groups (broad SMARTS) is 1. The van der Waals surface area contributed by atoms with Crippen molar-refractivity contribution in [1.82, 2.24) is 9.59 Å². The third kappa shape index (κ3) is 1.14. The largest absolute Gasteiger partial charge is 0.481 e. The molecule has 1 saturated carbocycles. The van der Waals surface area contributed by atoms with Crippen LogP contribution in [0.2, 0.25) is 0 Å². The highest BCUT2D eigenvalue weighted by atomic mass is 32.1. The summed E-state index contributed by atoms with van der Waals surface area (Å²) < 4.78 is 3.74. The molecule has 70 valence electrons. The third-order valence-electron chi connectivity index (χ3n) is 2.79. The minimum absolute atomic E-state index is 0.0451. The van der Waals surface area contributed by atoms with Crippen molar-refractivity contribution in [1.29, 1.82) is 0 Å². The van der Waals surface area contributed by atoms with Crippen molar-refractivity contribution in [3.8, 4) is 0 Å². The van der Waals surface area contributed by atoms with Crippen LogP contribution in [0.25, 0.3) is 0 Å². The van der Waals surface area contributed by atoms with Crippen LogP contribution in [0.1, 0.15) is 25.5 Å². The molecule has 1 fully saturated rings. The average molecular weight is 198 g/mol. The van der Waals surface area contributed by atoms with Gasteiger partial charge in [0.05, 0.1) is 11.6 Å². The standard InChI is InChI=1S/C8H10N2O2S/c1-8(2)5(6(8)7(11)12)4-3-13-10-9-4/h3,5-6H,1-2H3,(H,11,12)/t5-,6+/m1/s1. The molecule has 0 spiro atoms. The fourth-order valence-electron chi connectivity index (χ4n) is 1.96. The first kappa shape index (κ1) is 8.62. The molecule has 13 heavy (non-hydrogen) atoms. The van der Waals surface area contributed by atoms with Crippen molar-refractivity contribution in [2.45, 2.75) is 19.8 Å². The number of hydrogen-bond donors (Lipinski definition) is 1. The Hall–Kier alpha value is -0.970. The van der Waals surface area contributed by atoms with Crippen LogP contribution < -0.4 is 0 Å². The van der Waals surface area contributed by atoms with Gasteiger partial charge in [-0.25, -0.2) is 0 Å². The molecular weight excluding hydrogens is 188 g/mol. The molecule has 0 bridgehead atoms. The molecule has 1 aliphatic rings. The second kappa shape index (κ2) is 2.51.